The molecule has 9 heteroatoms. The maximum atomic E-state index is 12.2. The lowest BCUT2D eigenvalue weighted by atomic mass is 10.4. The minimum Gasteiger partial charge on any atom is -0.477 e. The zero-order chi connectivity index (χ0) is 15.5. The molecule has 0 saturated carbocycles. The largest absolute Gasteiger partial charge is 0.477 e. The molecular formula is C12H18N2O4S3. The predicted octanol–water partition coefficient (Wildman–Crippen LogP) is 1.33. The summed E-state index contributed by atoms with van der Waals surface area (Å²) in [6, 6.07) is 1.21. The van der Waals surface area contributed by atoms with E-state index in [1.165, 1.54) is 16.8 Å². The second kappa shape index (κ2) is 7.08. The molecule has 1 aliphatic heterocycles. The highest BCUT2D eigenvalue weighted by Crippen LogP contribution is 2.24. The first-order valence-corrected chi connectivity index (χ1v) is 10.2. The van der Waals surface area contributed by atoms with Gasteiger partial charge in [0.25, 0.3) is 0 Å². The van der Waals surface area contributed by atoms with Crippen LogP contribution in [0.25, 0.3) is 0 Å². The monoisotopic (exact) mass is 350 g/mol. The molecule has 1 aromatic rings. The van der Waals surface area contributed by atoms with Gasteiger partial charge in [0.15, 0.2) is 0 Å². The van der Waals surface area contributed by atoms with Gasteiger partial charge in [-0.1, -0.05) is 0 Å². The van der Waals surface area contributed by atoms with Crippen molar-refractivity contribution in [1.82, 2.24) is 9.29 Å². The number of carbonyl (C=O) groups is 1. The van der Waals surface area contributed by atoms with Crippen molar-refractivity contribution < 1.29 is 18.3 Å². The average molecular weight is 350 g/mol. The van der Waals surface area contributed by atoms with Crippen LogP contribution in [0.5, 0.6) is 0 Å². The lowest BCUT2D eigenvalue weighted by Gasteiger charge is -2.20. The van der Waals surface area contributed by atoms with E-state index in [1.54, 1.807) is 18.7 Å². The summed E-state index contributed by atoms with van der Waals surface area (Å²) >= 11 is 3.60. The Morgan fingerprint density at radius 2 is 2.29 bits per heavy atom. The van der Waals surface area contributed by atoms with Crippen molar-refractivity contribution in [2.75, 3.05) is 23.8 Å². The Bertz CT molecular complexity index is 606. The Hall–Kier alpha value is -0.640. The van der Waals surface area contributed by atoms with E-state index in [4.69, 9.17) is 5.11 Å². The maximum absolute atomic E-state index is 12.2. The topological polar surface area (TPSA) is 88.4 Å². The van der Waals surface area contributed by atoms with Crippen molar-refractivity contribution >= 4 is 39.5 Å². The maximum Gasteiger partial charge on any atom is 0.352 e. The number of hydrogen-bond donors (Lipinski definition) is 2. The first kappa shape index (κ1) is 16.7. The summed E-state index contributed by atoms with van der Waals surface area (Å²) in [5.41, 5.74) is -0.0135. The molecular weight excluding hydrogens is 332 g/mol. The second-order valence-corrected chi connectivity index (χ2v) is 8.90. The number of aromatic carboxylic acids is 1. The number of hydrogen-bond acceptors (Lipinski definition) is 5. The molecule has 0 aliphatic carbocycles. The van der Waals surface area contributed by atoms with Gasteiger partial charge in [-0.3, -0.25) is 0 Å². The number of nitrogens with one attached hydrogen (secondary N) is 1. The normalized spacial score (nSPS) is 19.6. The minimum atomic E-state index is -3.66. The highest BCUT2D eigenvalue weighted by molar-refractivity contribution is 8.06. The van der Waals surface area contributed by atoms with Crippen molar-refractivity contribution in [2.24, 2.45) is 0 Å². The van der Waals surface area contributed by atoms with Crippen LogP contribution in [0.2, 0.25) is 0 Å². The minimum absolute atomic E-state index is 0.00946. The summed E-state index contributed by atoms with van der Waals surface area (Å²) in [5, 5.41) is 9.34. The Labute approximate surface area is 132 Å². The smallest absolute Gasteiger partial charge is 0.352 e. The van der Waals surface area contributed by atoms with E-state index >= 15 is 0 Å². The van der Waals surface area contributed by atoms with Crippen LogP contribution in [0.15, 0.2) is 17.2 Å². The third kappa shape index (κ3) is 4.18. The van der Waals surface area contributed by atoms with Crippen LogP contribution in [0.4, 0.5) is 0 Å². The molecule has 0 aromatic carbocycles. The van der Waals surface area contributed by atoms with Gasteiger partial charge in [0.05, 0.1) is 0 Å². The van der Waals surface area contributed by atoms with Crippen molar-refractivity contribution in [3.8, 4) is 0 Å². The van der Waals surface area contributed by atoms with Gasteiger partial charge in [-0.05, 0) is 13.0 Å². The number of nitrogens with zero attached hydrogens (tertiary/aromatic N) is 1. The van der Waals surface area contributed by atoms with Crippen molar-refractivity contribution in [3.05, 3.63) is 18.0 Å². The van der Waals surface area contributed by atoms with Gasteiger partial charge >= 0.3 is 5.97 Å². The number of aromatic nitrogens is 1. The SMILES string of the molecule is CCn1cc(S(=O)(=O)NCC2CSCCS2)cc1C(=O)O. The zero-order valence-corrected chi connectivity index (χ0v) is 14.1. The molecule has 1 aliphatic rings. The average Bonchev–Trinajstić information content (AvgIpc) is 2.92. The summed E-state index contributed by atoms with van der Waals surface area (Å²) in [6.07, 6.45) is 1.37. The third-order valence-corrected chi connectivity index (χ3v) is 7.36. The lowest BCUT2D eigenvalue weighted by molar-refractivity contribution is 0.0685. The van der Waals surface area contributed by atoms with Gasteiger partial charge in [0.1, 0.15) is 10.6 Å². The summed E-state index contributed by atoms with van der Waals surface area (Å²) in [5.74, 6) is 1.95. The predicted molar refractivity (Wildman–Crippen MR) is 85.8 cm³/mol. The Kier molecular flexibility index (Phi) is 5.64. The molecule has 1 fully saturated rings. The molecule has 2 N–H and O–H groups in total. The molecule has 2 rings (SSSR count). The summed E-state index contributed by atoms with van der Waals surface area (Å²) in [6.45, 7) is 2.55. The summed E-state index contributed by atoms with van der Waals surface area (Å²) in [4.78, 5) is 11.1. The molecule has 21 heavy (non-hydrogen) atoms. The van der Waals surface area contributed by atoms with Crippen LogP contribution in [0, 0.1) is 0 Å². The van der Waals surface area contributed by atoms with Gasteiger partial charge in [-0.15, -0.1) is 0 Å². The van der Waals surface area contributed by atoms with Crippen LogP contribution in [0.1, 0.15) is 17.4 Å². The van der Waals surface area contributed by atoms with Crippen LogP contribution < -0.4 is 4.72 Å². The standard InChI is InChI=1S/C12H18N2O4S3/c1-2-14-7-10(5-11(14)12(15)16)21(17,18)13-6-9-8-19-3-4-20-9/h5,7,9,13H,2-4,6,8H2,1H3,(H,15,16). The van der Waals surface area contributed by atoms with E-state index in [0.29, 0.717) is 13.1 Å². The Balaban J connectivity index is 2.09. The molecule has 1 unspecified atom stereocenters. The highest BCUT2D eigenvalue weighted by Gasteiger charge is 2.23. The Morgan fingerprint density at radius 1 is 1.52 bits per heavy atom. The molecule has 0 spiro atoms. The molecule has 2 heterocycles. The molecule has 0 bridgehead atoms. The van der Waals surface area contributed by atoms with Crippen LogP contribution in [-0.4, -0.2) is 53.1 Å². The number of carboxylic acids is 1. The van der Waals surface area contributed by atoms with Crippen molar-refractivity contribution in [3.63, 3.8) is 0 Å². The Morgan fingerprint density at radius 3 is 2.81 bits per heavy atom. The first-order chi connectivity index (χ1) is 9.94. The molecule has 6 nitrogen and oxygen atoms in total. The number of sulfonamides is 1. The first-order valence-electron chi connectivity index (χ1n) is 6.56. The van der Waals surface area contributed by atoms with Gasteiger partial charge in [0.2, 0.25) is 10.0 Å². The zero-order valence-electron chi connectivity index (χ0n) is 11.6. The number of aryl methyl sites for hydroxylation is 1. The quantitative estimate of drug-likeness (QED) is 0.805. The molecule has 0 amide bonds. The number of thioether (sulfide) groups is 2. The van der Waals surface area contributed by atoms with E-state index in [9.17, 15) is 13.2 Å². The number of carboxylic acid groups (broad SMARTS) is 1. The van der Waals surface area contributed by atoms with Crippen LogP contribution >= 0.6 is 23.5 Å². The molecule has 1 atom stereocenters. The van der Waals surface area contributed by atoms with Crippen molar-refractivity contribution in [2.45, 2.75) is 23.6 Å². The molecule has 1 saturated heterocycles. The lowest BCUT2D eigenvalue weighted by Crippen LogP contribution is -2.33. The summed E-state index contributed by atoms with van der Waals surface area (Å²) in [7, 11) is -3.66. The van der Waals surface area contributed by atoms with E-state index in [-0.39, 0.29) is 15.8 Å². The van der Waals surface area contributed by atoms with Crippen LogP contribution in [-0.2, 0) is 16.6 Å². The number of rotatable bonds is 6. The fourth-order valence-corrected chi connectivity index (χ4v) is 5.85. The van der Waals surface area contributed by atoms with E-state index in [2.05, 4.69) is 4.72 Å². The van der Waals surface area contributed by atoms with E-state index in [0.717, 1.165) is 17.3 Å². The van der Waals surface area contributed by atoms with E-state index < -0.39 is 16.0 Å². The second-order valence-electron chi connectivity index (χ2n) is 4.57. The molecule has 1 aromatic heterocycles. The van der Waals surface area contributed by atoms with Gasteiger partial charge in [-0.2, -0.15) is 23.5 Å². The fourth-order valence-electron chi connectivity index (χ4n) is 2.01. The summed E-state index contributed by atoms with van der Waals surface area (Å²) < 4.78 is 28.5. The van der Waals surface area contributed by atoms with Crippen LogP contribution in [0.3, 0.4) is 0 Å². The van der Waals surface area contributed by atoms with Gasteiger partial charge < -0.3 is 9.67 Å². The highest BCUT2D eigenvalue weighted by atomic mass is 32.2. The molecule has 118 valence electrons. The molecule has 0 radical (unpaired) electrons. The van der Waals surface area contributed by atoms with Gasteiger partial charge in [0, 0.05) is 41.8 Å². The van der Waals surface area contributed by atoms with Crippen molar-refractivity contribution in [1.29, 1.82) is 0 Å². The van der Waals surface area contributed by atoms with Gasteiger partial charge in [-0.25, -0.2) is 17.9 Å². The van der Waals surface area contributed by atoms with E-state index in [1.807, 2.05) is 11.8 Å². The third-order valence-electron chi connectivity index (χ3n) is 3.13. The fraction of sp³-hybridized carbons (Fsp3) is 0.583.